The van der Waals surface area contributed by atoms with E-state index in [1.165, 1.54) is 0 Å². The monoisotopic (exact) mass is 303 g/mol. The zero-order valence-corrected chi connectivity index (χ0v) is 12.7. The van der Waals surface area contributed by atoms with Crippen molar-refractivity contribution in [3.8, 4) is 17.5 Å². The maximum atomic E-state index is 8.52. The maximum absolute atomic E-state index is 8.52. The van der Waals surface area contributed by atoms with Gasteiger partial charge >= 0.3 is 0 Å². The van der Waals surface area contributed by atoms with E-state index in [4.69, 9.17) is 10.00 Å². The molecule has 0 spiro atoms. The first-order valence-corrected chi connectivity index (χ1v) is 7.85. The van der Waals surface area contributed by atoms with Crippen molar-refractivity contribution in [3.63, 3.8) is 0 Å². The fraction of sp³-hybridized carbons (Fsp3) is 0.429. The Morgan fingerprint density at radius 1 is 1.33 bits per heavy atom. The number of hydrogen-bond acceptors (Lipinski definition) is 6. The molecule has 1 heterocycles. The Labute approximate surface area is 128 Å². The standard InChI is InChI=1S/C14H17N5OS/c1-2-20-13-9-5-4-8-12(13)19-14(16-17-18-19)21-11-7-3-6-10-15/h4-5,8-9H,2-3,6-7,11H2,1H3. The largest absolute Gasteiger partial charge is 0.492 e. The molecule has 0 saturated carbocycles. The van der Waals surface area contributed by atoms with E-state index < -0.39 is 0 Å². The van der Waals surface area contributed by atoms with Gasteiger partial charge in [-0.3, -0.25) is 0 Å². The maximum Gasteiger partial charge on any atom is 0.214 e. The molecule has 21 heavy (non-hydrogen) atoms. The van der Waals surface area contributed by atoms with Crippen LogP contribution in [0.4, 0.5) is 0 Å². The van der Waals surface area contributed by atoms with Crippen LogP contribution in [0.3, 0.4) is 0 Å². The lowest BCUT2D eigenvalue weighted by Gasteiger charge is -2.10. The molecule has 0 N–H and O–H groups in total. The number of thioether (sulfide) groups is 1. The van der Waals surface area contributed by atoms with Crippen molar-refractivity contribution in [3.05, 3.63) is 24.3 Å². The van der Waals surface area contributed by atoms with Gasteiger partial charge in [-0.05, 0) is 42.3 Å². The van der Waals surface area contributed by atoms with Crippen LogP contribution in [0, 0.1) is 11.3 Å². The van der Waals surface area contributed by atoms with E-state index in [9.17, 15) is 0 Å². The highest BCUT2D eigenvalue weighted by Gasteiger charge is 2.12. The van der Waals surface area contributed by atoms with Crippen LogP contribution >= 0.6 is 11.8 Å². The Balaban J connectivity index is 2.08. The number of hydrogen-bond donors (Lipinski definition) is 0. The lowest BCUT2D eigenvalue weighted by molar-refractivity contribution is 0.337. The topological polar surface area (TPSA) is 76.6 Å². The fourth-order valence-corrected chi connectivity index (χ4v) is 2.68. The number of para-hydroxylation sites is 2. The van der Waals surface area contributed by atoms with Crippen LogP contribution in [0.25, 0.3) is 5.69 Å². The average Bonchev–Trinajstić information content (AvgIpc) is 2.96. The molecule has 2 rings (SSSR count). The second kappa shape index (κ2) is 8.27. The predicted octanol–water partition coefficient (Wildman–Crippen LogP) is 2.85. The molecule has 0 unspecified atom stereocenters. The van der Waals surface area contributed by atoms with Crippen molar-refractivity contribution in [2.45, 2.75) is 31.3 Å². The number of tetrazole rings is 1. The van der Waals surface area contributed by atoms with Gasteiger partial charge < -0.3 is 4.74 Å². The highest BCUT2D eigenvalue weighted by Crippen LogP contribution is 2.26. The summed E-state index contributed by atoms with van der Waals surface area (Å²) in [4.78, 5) is 0. The summed E-state index contributed by atoms with van der Waals surface area (Å²) in [6, 6.07) is 9.84. The average molecular weight is 303 g/mol. The Kier molecular flexibility index (Phi) is 6.03. The summed E-state index contributed by atoms with van der Waals surface area (Å²) in [7, 11) is 0. The minimum Gasteiger partial charge on any atom is -0.492 e. The zero-order chi connectivity index (χ0) is 14.9. The summed E-state index contributed by atoms with van der Waals surface area (Å²) in [5.41, 5.74) is 0.837. The van der Waals surface area contributed by atoms with Crippen LogP contribution < -0.4 is 4.74 Å². The smallest absolute Gasteiger partial charge is 0.214 e. The molecule has 1 aromatic carbocycles. The van der Waals surface area contributed by atoms with Crippen LogP contribution in [0.2, 0.25) is 0 Å². The molecule has 6 nitrogen and oxygen atoms in total. The molecule has 0 atom stereocenters. The molecule has 0 bridgehead atoms. The zero-order valence-electron chi connectivity index (χ0n) is 11.9. The molecule has 2 aromatic rings. The lowest BCUT2D eigenvalue weighted by Crippen LogP contribution is -2.03. The summed E-state index contributed by atoms with van der Waals surface area (Å²) in [6.45, 7) is 2.54. The van der Waals surface area contributed by atoms with Gasteiger partial charge in [0.1, 0.15) is 11.4 Å². The second-order valence-electron chi connectivity index (χ2n) is 4.24. The number of unbranched alkanes of at least 4 members (excludes halogenated alkanes) is 2. The van der Waals surface area contributed by atoms with Gasteiger partial charge in [-0.25, -0.2) is 0 Å². The molecular formula is C14H17N5OS. The normalized spacial score (nSPS) is 10.3. The quantitative estimate of drug-likeness (QED) is 0.551. The van der Waals surface area contributed by atoms with Gasteiger partial charge in [0.15, 0.2) is 0 Å². The van der Waals surface area contributed by atoms with Gasteiger partial charge in [-0.1, -0.05) is 23.9 Å². The first-order valence-electron chi connectivity index (χ1n) is 6.87. The number of nitrogens with zero attached hydrogens (tertiary/aromatic N) is 5. The van der Waals surface area contributed by atoms with Gasteiger partial charge in [0.25, 0.3) is 0 Å². The Hall–Kier alpha value is -2.07. The van der Waals surface area contributed by atoms with Gasteiger partial charge in [-0.2, -0.15) is 9.94 Å². The van der Waals surface area contributed by atoms with Crippen LogP contribution in [0.15, 0.2) is 29.4 Å². The molecule has 0 aliphatic heterocycles. The summed E-state index contributed by atoms with van der Waals surface area (Å²) < 4.78 is 7.31. The third-order valence-corrected chi connectivity index (χ3v) is 3.75. The van der Waals surface area contributed by atoms with Crippen molar-refractivity contribution >= 4 is 11.8 Å². The molecule has 0 aliphatic carbocycles. The van der Waals surface area contributed by atoms with E-state index >= 15 is 0 Å². The molecule has 0 fully saturated rings. The number of aromatic nitrogens is 4. The van der Waals surface area contributed by atoms with Crippen molar-refractivity contribution in [2.75, 3.05) is 12.4 Å². The van der Waals surface area contributed by atoms with E-state index in [2.05, 4.69) is 21.6 Å². The number of benzene rings is 1. The van der Waals surface area contributed by atoms with E-state index in [1.54, 1.807) is 16.4 Å². The summed E-state index contributed by atoms with van der Waals surface area (Å²) >= 11 is 1.59. The van der Waals surface area contributed by atoms with Gasteiger partial charge in [-0.15, -0.1) is 5.10 Å². The van der Waals surface area contributed by atoms with Crippen LogP contribution in [0.5, 0.6) is 5.75 Å². The number of ether oxygens (including phenoxy) is 1. The van der Waals surface area contributed by atoms with E-state index in [1.807, 2.05) is 31.2 Å². The van der Waals surface area contributed by atoms with Crippen molar-refractivity contribution in [2.24, 2.45) is 0 Å². The first kappa shape index (κ1) is 15.3. The third kappa shape index (κ3) is 4.20. The fourth-order valence-electron chi connectivity index (χ4n) is 1.80. The SMILES string of the molecule is CCOc1ccccc1-n1nnnc1SCCCCC#N. The third-order valence-electron chi connectivity index (χ3n) is 2.75. The highest BCUT2D eigenvalue weighted by atomic mass is 32.2. The highest BCUT2D eigenvalue weighted by molar-refractivity contribution is 7.99. The summed E-state index contributed by atoms with van der Waals surface area (Å²) in [6.07, 6.45) is 2.47. The second-order valence-corrected chi connectivity index (χ2v) is 5.30. The minimum absolute atomic E-state index is 0.593. The molecule has 7 heteroatoms. The van der Waals surface area contributed by atoms with Crippen molar-refractivity contribution in [1.29, 1.82) is 5.26 Å². The molecule has 1 aromatic heterocycles. The molecular weight excluding hydrogens is 286 g/mol. The molecule has 110 valence electrons. The van der Waals surface area contributed by atoms with Crippen LogP contribution in [0.1, 0.15) is 26.2 Å². The molecule has 0 saturated heterocycles. The van der Waals surface area contributed by atoms with E-state index in [0.717, 1.165) is 35.2 Å². The van der Waals surface area contributed by atoms with Gasteiger partial charge in [0, 0.05) is 12.2 Å². The van der Waals surface area contributed by atoms with Crippen LogP contribution in [-0.2, 0) is 0 Å². The summed E-state index contributed by atoms with van der Waals surface area (Å²) in [5, 5.41) is 21.1. The van der Waals surface area contributed by atoms with E-state index in [-0.39, 0.29) is 0 Å². The lowest BCUT2D eigenvalue weighted by atomic mass is 10.3. The molecule has 0 radical (unpaired) electrons. The summed E-state index contributed by atoms with van der Waals surface area (Å²) in [5.74, 6) is 1.65. The van der Waals surface area contributed by atoms with Crippen molar-refractivity contribution < 1.29 is 4.74 Å². The van der Waals surface area contributed by atoms with Gasteiger partial charge in [0.2, 0.25) is 5.16 Å². The minimum atomic E-state index is 0.593. The van der Waals surface area contributed by atoms with Crippen LogP contribution in [-0.4, -0.2) is 32.6 Å². The first-order chi connectivity index (χ1) is 10.4. The molecule has 0 amide bonds. The van der Waals surface area contributed by atoms with Crippen molar-refractivity contribution in [1.82, 2.24) is 20.2 Å². The predicted molar refractivity (Wildman–Crippen MR) is 80.5 cm³/mol. The number of nitriles is 1. The Morgan fingerprint density at radius 2 is 2.19 bits per heavy atom. The Bertz CT molecular complexity index is 607. The van der Waals surface area contributed by atoms with E-state index in [0.29, 0.717) is 13.0 Å². The van der Waals surface area contributed by atoms with Gasteiger partial charge in [0.05, 0.1) is 12.7 Å². The molecule has 0 aliphatic rings. The number of rotatable bonds is 8. The Morgan fingerprint density at radius 3 is 3.00 bits per heavy atom.